The average Bonchev–Trinajstić information content (AvgIpc) is 3.06. The summed E-state index contributed by atoms with van der Waals surface area (Å²) < 4.78 is 9.89. The van der Waals surface area contributed by atoms with Crippen LogP contribution in [0.3, 0.4) is 0 Å². The Kier molecular flexibility index (Phi) is 9.15. The van der Waals surface area contributed by atoms with E-state index >= 15 is 0 Å². The Morgan fingerprint density at radius 1 is 0.840 bits per heavy atom. The van der Waals surface area contributed by atoms with E-state index < -0.39 is 18.4 Å². The van der Waals surface area contributed by atoms with Crippen LogP contribution in [0.4, 0.5) is 0 Å². The maximum atomic E-state index is 2.80. The van der Waals surface area contributed by atoms with Gasteiger partial charge < -0.3 is 0 Å². The van der Waals surface area contributed by atoms with Crippen molar-refractivity contribution in [2.75, 3.05) is 0 Å². The predicted octanol–water partition coefficient (Wildman–Crippen LogP) is 7.59. The maximum absolute atomic E-state index is 2.80. The van der Waals surface area contributed by atoms with Gasteiger partial charge in [-0.15, -0.1) is 0 Å². The van der Waals surface area contributed by atoms with Crippen LogP contribution in [-0.2, 0) is 6.54 Å². The number of hydrogen-bond donors (Lipinski definition) is 0. The number of benzene rings is 1. The van der Waals surface area contributed by atoms with E-state index in [-0.39, 0.29) is 0 Å². The van der Waals surface area contributed by atoms with Crippen molar-refractivity contribution in [2.24, 2.45) is 0 Å². The molecule has 0 aliphatic heterocycles. The Bertz CT molecular complexity index is 619. The van der Waals surface area contributed by atoms with Crippen molar-refractivity contribution >= 4 is 29.3 Å². The van der Waals surface area contributed by atoms with Gasteiger partial charge in [-0.25, -0.2) is 0 Å². The molecule has 0 bridgehead atoms. The molecular weight excluding hydrogens is 409 g/mol. The summed E-state index contributed by atoms with van der Waals surface area (Å²) >= 11 is -2.11. The van der Waals surface area contributed by atoms with Crippen molar-refractivity contribution in [3.63, 3.8) is 0 Å². The molecular formula is C23H37NSn. The first-order chi connectivity index (χ1) is 12.2. The molecule has 0 fully saturated rings. The summed E-state index contributed by atoms with van der Waals surface area (Å²) in [5.41, 5.74) is 1.36. The molecule has 0 atom stereocenters. The number of rotatable bonds is 12. The molecule has 0 unspecified atom stereocenters. The Morgan fingerprint density at radius 3 is 2.04 bits per heavy atom. The number of allylic oxidation sites excluding steroid dienone is 1. The van der Waals surface area contributed by atoms with Gasteiger partial charge in [0.15, 0.2) is 0 Å². The topological polar surface area (TPSA) is 4.93 Å². The fourth-order valence-electron chi connectivity index (χ4n) is 3.93. The van der Waals surface area contributed by atoms with Gasteiger partial charge >= 0.3 is 160 Å². The second-order valence-corrected chi connectivity index (χ2v) is 20.6. The van der Waals surface area contributed by atoms with Crippen molar-refractivity contribution in [1.82, 2.24) is 4.57 Å². The van der Waals surface area contributed by atoms with Crippen LogP contribution in [0.15, 0.2) is 46.7 Å². The van der Waals surface area contributed by atoms with Gasteiger partial charge in [-0.05, 0) is 0 Å². The van der Waals surface area contributed by atoms with Crippen molar-refractivity contribution in [3.05, 3.63) is 46.7 Å². The molecule has 1 heterocycles. The first-order valence-corrected chi connectivity index (χ1v) is 18.2. The van der Waals surface area contributed by atoms with E-state index in [0.29, 0.717) is 0 Å². The van der Waals surface area contributed by atoms with Crippen molar-refractivity contribution < 1.29 is 0 Å². The molecule has 0 aliphatic carbocycles. The minimum atomic E-state index is -2.11. The third kappa shape index (κ3) is 6.20. The summed E-state index contributed by atoms with van der Waals surface area (Å²) in [5.74, 6) is 0. The number of unbranched alkanes of at least 4 members (excludes halogenated alkanes) is 3. The van der Waals surface area contributed by atoms with Crippen LogP contribution in [0.2, 0.25) is 13.3 Å². The third-order valence-corrected chi connectivity index (χ3v) is 19.8. The van der Waals surface area contributed by atoms with E-state index in [0.717, 1.165) is 6.54 Å². The fourth-order valence-corrected chi connectivity index (χ4v) is 18.3. The van der Waals surface area contributed by atoms with Gasteiger partial charge in [-0.3, -0.25) is 0 Å². The zero-order valence-corrected chi connectivity index (χ0v) is 19.5. The number of hydrogen-bond acceptors (Lipinski definition) is 0. The van der Waals surface area contributed by atoms with Gasteiger partial charge in [0.25, 0.3) is 0 Å². The second-order valence-electron chi connectivity index (χ2n) is 7.60. The molecule has 0 saturated heterocycles. The van der Waals surface area contributed by atoms with Gasteiger partial charge in [-0.1, -0.05) is 0 Å². The fraction of sp³-hybridized carbons (Fsp3) is 0.565. The zero-order valence-electron chi connectivity index (χ0n) is 16.6. The Balaban J connectivity index is 2.13. The Morgan fingerprint density at radius 2 is 1.44 bits per heavy atom. The number of aromatic nitrogens is 1. The molecule has 1 aromatic heterocycles. The number of para-hydroxylation sites is 1. The SMILES string of the molecule is CCC[CH2][Sn](/[CH]=C/Cn1ccc2ccccc21)([CH2]CCC)[CH2]CCC. The molecule has 0 amide bonds. The van der Waals surface area contributed by atoms with E-state index in [1.54, 1.807) is 13.3 Å². The molecule has 0 saturated carbocycles. The zero-order chi connectivity index (χ0) is 18.0. The molecule has 0 N–H and O–H groups in total. The predicted molar refractivity (Wildman–Crippen MR) is 116 cm³/mol. The molecule has 2 heteroatoms. The van der Waals surface area contributed by atoms with Crippen molar-refractivity contribution in [1.29, 1.82) is 0 Å². The quantitative estimate of drug-likeness (QED) is 0.296. The van der Waals surface area contributed by atoms with E-state index in [1.165, 1.54) is 49.4 Å². The number of nitrogens with zero attached hydrogens (tertiary/aromatic N) is 1. The van der Waals surface area contributed by atoms with Gasteiger partial charge in [0.05, 0.1) is 0 Å². The molecule has 0 aliphatic rings. The van der Waals surface area contributed by atoms with E-state index in [1.807, 2.05) is 0 Å². The summed E-state index contributed by atoms with van der Waals surface area (Å²) in [6.07, 6.45) is 13.2. The van der Waals surface area contributed by atoms with Gasteiger partial charge in [-0.2, -0.15) is 0 Å². The summed E-state index contributed by atoms with van der Waals surface area (Å²) in [7, 11) is 0. The van der Waals surface area contributed by atoms with Crippen molar-refractivity contribution in [2.45, 2.75) is 79.2 Å². The van der Waals surface area contributed by atoms with Gasteiger partial charge in [0.1, 0.15) is 0 Å². The second kappa shape index (κ2) is 11.1. The van der Waals surface area contributed by atoms with E-state index in [4.69, 9.17) is 0 Å². The molecule has 2 aromatic rings. The van der Waals surface area contributed by atoms with Crippen LogP contribution in [0.5, 0.6) is 0 Å². The first kappa shape index (κ1) is 20.6. The Labute approximate surface area is 159 Å². The molecule has 0 radical (unpaired) electrons. The standard InChI is InChI=1S/C11H10N.3C4H9.Sn/c1-2-8-12-9-7-10-5-3-4-6-11(10)12;3*1-3-4-2;/h1-7,9H,8H2;3*1,3-4H2,2H3;. The van der Waals surface area contributed by atoms with Crippen LogP contribution in [0, 0.1) is 0 Å². The molecule has 25 heavy (non-hydrogen) atoms. The third-order valence-electron chi connectivity index (χ3n) is 5.54. The molecule has 2 rings (SSSR count). The van der Waals surface area contributed by atoms with E-state index in [2.05, 4.69) is 72.0 Å². The van der Waals surface area contributed by atoms with Crippen LogP contribution in [-0.4, -0.2) is 22.9 Å². The van der Waals surface area contributed by atoms with E-state index in [9.17, 15) is 0 Å². The van der Waals surface area contributed by atoms with Crippen LogP contribution in [0.1, 0.15) is 59.3 Å². The summed E-state index contributed by atoms with van der Waals surface area (Å²) in [6, 6.07) is 11.0. The molecule has 1 aromatic carbocycles. The molecule has 138 valence electrons. The molecule has 0 spiro atoms. The summed E-state index contributed by atoms with van der Waals surface area (Å²) in [6.45, 7) is 8.10. The summed E-state index contributed by atoms with van der Waals surface area (Å²) in [4.78, 5) is 0. The van der Waals surface area contributed by atoms with Gasteiger partial charge in [0, 0.05) is 0 Å². The minimum absolute atomic E-state index is 1.04. The normalized spacial score (nSPS) is 12.4. The first-order valence-electron chi connectivity index (χ1n) is 10.5. The van der Waals surface area contributed by atoms with Crippen molar-refractivity contribution in [3.8, 4) is 0 Å². The average molecular weight is 446 g/mol. The molecule has 1 nitrogen and oxygen atoms in total. The van der Waals surface area contributed by atoms with Crippen LogP contribution >= 0.6 is 0 Å². The Hall–Kier alpha value is -0.701. The summed E-state index contributed by atoms with van der Waals surface area (Å²) in [5, 5.41) is 1.36. The van der Waals surface area contributed by atoms with Crippen LogP contribution < -0.4 is 0 Å². The van der Waals surface area contributed by atoms with Gasteiger partial charge in [0.2, 0.25) is 0 Å². The monoisotopic (exact) mass is 447 g/mol. The number of fused-ring (bicyclic) bond motifs is 1. The van der Waals surface area contributed by atoms with Crippen LogP contribution in [0.25, 0.3) is 10.9 Å².